The number of phenolic OH excluding ortho intramolecular Hbond substituents is 1. The van der Waals surface area contributed by atoms with E-state index in [0.29, 0.717) is 5.75 Å². The van der Waals surface area contributed by atoms with Gasteiger partial charge in [0.15, 0.2) is 0 Å². The Morgan fingerprint density at radius 2 is 2.18 bits per heavy atom. The molecular formula is C9H14NO+. The summed E-state index contributed by atoms with van der Waals surface area (Å²) in [5, 5.41) is 9.20. The van der Waals surface area contributed by atoms with Crippen LogP contribution < -0.4 is 5.73 Å². The number of rotatable bonds is 2. The Labute approximate surface area is 66.7 Å². The summed E-state index contributed by atoms with van der Waals surface area (Å²) in [5.41, 5.74) is 5.96. The number of hydrogen-bond acceptors (Lipinski definition) is 1. The van der Waals surface area contributed by atoms with Gasteiger partial charge in [0.05, 0.1) is 6.54 Å². The van der Waals surface area contributed by atoms with Crippen molar-refractivity contribution in [2.75, 3.05) is 6.54 Å². The summed E-state index contributed by atoms with van der Waals surface area (Å²) in [6.45, 7) is 2.81. The minimum absolute atomic E-state index is 0.373. The molecule has 2 nitrogen and oxygen atoms in total. The second kappa shape index (κ2) is 3.39. The minimum atomic E-state index is 0.373. The summed E-state index contributed by atoms with van der Waals surface area (Å²) in [4.78, 5) is 0. The highest BCUT2D eigenvalue weighted by Crippen LogP contribution is 2.16. The number of hydrogen-bond donors (Lipinski definition) is 2. The van der Waals surface area contributed by atoms with Gasteiger partial charge >= 0.3 is 0 Å². The van der Waals surface area contributed by atoms with Crippen molar-refractivity contribution in [2.24, 2.45) is 0 Å². The van der Waals surface area contributed by atoms with E-state index in [4.69, 9.17) is 0 Å². The zero-order chi connectivity index (χ0) is 8.27. The van der Waals surface area contributed by atoms with E-state index in [0.717, 1.165) is 18.5 Å². The number of phenols is 1. The molecule has 2 heteroatoms. The molecule has 0 aliphatic rings. The van der Waals surface area contributed by atoms with E-state index in [9.17, 15) is 5.11 Å². The van der Waals surface area contributed by atoms with Crippen LogP contribution in [0.5, 0.6) is 5.75 Å². The fourth-order valence-corrected chi connectivity index (χ4v) is 1.08. The van der Waals surface area contributed by atoms with Crippen LogP contribution in [0.4, 0.5) is 0 Å². The maximum absolute atomic E-state index is 9.20. The molecule has 0 bridgehead atoms. The lowest BCUT2D eigenvalue weighted by Gasteiger charge is -2.00. The molecule has 0 aromatic heterocycles. The van der Waals surface area contributed by atoms with Crippen molar-refractivity contribution in [1.82, 2.24) is 0 Å². The average molecular weight is 152 g/mol. The second-order valence-electron chi connectivity index (χ2n) is 2.72. The molecule has 0 spiro atoms. The molecule has 0 heterocycles. The largest absolute Gasteiger partial charge is 0.508 e. The van der Waals surface area contributed by atoms with E-state index in [1.54, 1.807) is 6.07 Å². The molecular weight excluding hydrogens is 138 g/mol. The standard InChI is InChI=1S/C9H13NO/c1-7-6-8(4-5-10)2-3-9(7)11/h2-3,6,11H,4-5,10H2,1H3/p+1. The lowest BCUT2D eigenvalue weighted by Crippen LogP contribution is -2.51. The van der Waals surface area contributed by atoms with Gasteiger partial charge in [-0.3, -0.25) is 0 Å². The average Bonchev–Trinajstić information content (AvgIpc) is 1.98. The van der Waals surface area contributed by atoms with E-state index in [1.807, 2.05) is 19.1 Å². The number of aromatic hydroxyl groups is 1. The maximum Gasteiger partial charge on any atom is 0.118 e. The normalized spacial score (nSPS) is 10.0. The first-order valence-corrected chi connectivity index (χ1v) is 3.82. The number of aryl methyl sites for hydroxylation is 1. The fourth-order valence-electron chi connectivity index (χ4n) is 1.08. The Bertz CT molecular complexity index is 245. The lowest BCUT2D eigenvalue weighted by atomic mass is 10.1. The first kappa shape index (κ1) is 8.08. The third kappa shape index (κ3) is 1.95. The molecule has 0 aliphatic heterocycles. The molecule has 0 fully saturated rings. The molecule has 0 aliphatic carbocycles. The predicted octanol–water partition coefficient (Wildman–Crippen LogP) is 0.485. The Morgan fingerprint density at radius 1 is 1.45 bits per heavy atom. The highest BCUT2D eigenvalue weighted by molar-refractivity contribution is 5.34. The first-order valence-electron chi connectivity index (χ1n) is 3.82. The molecule has 0 unspecified atom stereocenters. The van der Waals surface area contributed by atoms with E-state index in [2.05, 4.69) is 5.73 Å². The monoisotopic (exact) mass is 152 g/mol. The summed E-state index contributed by atoms with van der Waals surface area (Å²) in [6, 6.07) is 5.67. The molecule has 0 radical (unpaired) electrons. The van der Waals surface area contributed by atoms with Crippen LogP contribution in [0.2, 0.25) is 0 Å². The summed E-state index contributed by atoms with van der Waals surface area (Å²) < 4.78 is 0. The molecule has 0 saturated heterocycles. The summed E-state index contributed by atoms with van der Waals surface area (Å²) >= 11 is 0. The highest BCUT2D eigenvalue weighted by Gasteiger charge is 1.96. The lowest BCUT2D eigenvalue weighted by molar-refractivity contribution is -0.366. The van der Waals surface area contributed by atoms with Crippen LogP contribution >= 0.6 is 0 Å². The molecule has 1 rings (SSSR count). The van der Waals surface area contributed by atoms with Gasteiger partial charge in [-0.05, 0) is 24.1 Å². The van der Waals surface area contributed by atoms with Gasteiger partial charge in [0.25, 0.3) is 0 Å². The molecule has 1 aromatic carbocycles. The van der Waals surface area contributed by atoms with E-state index in [1.165, 1.54) is 5.56 Å². The Kier molecular flexibility index (Phi) is 2.49. The molecule has 1 aromatic rings. The molecule has 0 atom stereocenters. The predicted molar refractivity (Wildman–Crippen MR) is 44.3 cm³/mol. The third-order valence-electron chi connectivity index (χ3n) is 1.73. The van der Waals surface area contributed by atoms with Crippen LogP contribution in [0.1, 0.15) is 11.1 Å². The quantitative estimate of drug-likeness (QED) is 0.636. The first-order chi connectivity index (χ1) is 5.24. The van der Waals surface area contributed by atoms with E-state index < -0.39 is 0 Å². The van der Waals surface area contributed by atoms with Crippen LogP contribution in [0.25, 0.3) is 0 Å². The van der Waals surface area contributed by atoms with Crippen LogP contribution in [-0.2, 0) is 6.42 Å². The zero-order valence-corrected chi connectivity index (χ0v) is 6.80. The van der Waals surface area contributed by atoms with Gasteiger partial charge in [-0.15, -0.1) is 0 Å². The van der Waals surface area contributed by atoms with Crippen LogP contribution in [0, 0.1) is 6.92 Å². The van der Waals surface area contributed by atoms with Crippen molar-refractivity contribution in [2.45, 2.75) is 13.3 Å². The minimum Gasteiger partial charge on any atom is -0.508 e. The van der Waals surface area contributed by atoms with Crippen LogP contribution in [-0.4, -0.2) is 11.7 Å². The van der Waals surface area contributed by atoms with Crippen molar-refractivity contribution in [1.29, 1.82) is 0 Å². The molecule has 60 valence electrons. The van der Waals surface area contributed by atoms with Crippen molar-refractivity contribution < 1.29 is 10.8 Å². The SMILES string of the molecule is Cc1cc(CC[NH3+])ccc1O. The second-order valence-corrected chi connectivity index (χ2v) is 2.72. The Hall–Kier alpha value is -1.02. The van der Waals surface area contributed by atoms with Crippen LogP contribution in [0.15, 0.2) is 18.2 Å². The van der Waals surface area contributed by atoms with Gasteiger partial charge in [-0.1, -0.05) is 12.1 Å². The van der Waals surface area contributed by atoms with Crippen molar-refractivity contribution in [3.8, 4) is 5.75 Å². The Morgan fingerprint density at radius 3 is 2.73 bits per heavy atom. The van der Waals surface area contributed by atoms with Crippen molar-refractivity contribution in [3.05, 3.63) is 29.3 Å². The van der Waals surface area contributed by atoms with Gasteiger partial charge in [0.1, 0.15) is 5.75 Å². The van der Waals surface area contributed by atoms with E-state index in [-0.39, 0.29) is 0 Å². The molecule has 0 amide bonds. The van der Waals surface area contributed by atoms with E-state index >= 15 is 0 Å². The van der Waals surface area contributed by atoms with Crippen LogP contribution in [0.3, 0.4) is 0 Å². The number of benzene rings is 1. The topological polar surface area (TPSA) is 47.9 Å². The third-order valence-corrected chi connectivity index (χ3v) is 1.73. The van der Waals surface area contributed by atoms with Gasteiger partial charge in [-0.2, -0.15) is 0 Å². The summed E-state index contributed by atoms with van der Waals surface area (Å²) in [6.07, 6.45) is 0.987. The van der Waals surface area contributed by atoms with Gasteiger partial charge < -0.3 is 10.8 Å². The molecule has 0 saturated carbocycles. The Balaban J connectivity index is 2.86. The zero-order valence-electron chi connectivity index (χ0n) is 6.80. The molecule has 11 heavy (non-hydrogen) atoms. The van der Waals surface area contributed by atoms with Gasteiger partial charge in [0.2, 0.25) is 0 Å². The van der Waals surface area contributed by atoms with Crippen molar-refractivity contribution in [3.63, 3.8) is 0 Å². The van der Waals surface area contributed by atoms with Gasteiger partial charge in [-0.25, -0.2) is 0 Å². The molecule has 4 N–H and O–H groups in total. The summed E-state index contributed by atoms with van der Waals surface area (Å²) in [7, 11) is 0. The fraction of sp³-hybridized carbons (Fsp3) is 0.333. The maximum atomic E-state index is 9.20. The smallest absolute Gasteiger partial charge is 0.118 e. The highest BCUT2D eigenvalue weighted by atomic mass is 16.3. The van der Waals surface area contributed by atoms with Gasteiger partial charge in [0, 0.05) is 6.42 Å². The van der Waals surface area contributed by atoms with Crippen molar-refractivity contribution >= 4 is 0 Å². The summed E-state index contributed by atoms with van der Waals surface area (Å²) in [5.74, 6) is 0.373. The number of quaternary nitrogens is 1.